The molecule has 0 N–H and O–H groups in total. The first-order valence-electron chi connectivity index (χ1n) is 7.36. The van der Waals surface area contributed by atoms with Gasteiger partial charge in [0.1, 0.15) is 10.4 Å². The number of carbonyl (C=O) groups excluding carboxylic acids is 1. The molecule has 1 aromatic carbocycles. The van der Waals surface area contributed by atoms with Crippen molar-refractivity contribution in [3.63, 3.8) is 0 Å². The van der Waals surface area contributed by atoms with Crippen LogP contribution in [0.4, 0.5) is 5.69 Å². The van der Waals surface area contributed by atoms with Crippen molar-refractivity contribution in [2.45, 2.75) is 26.3 Å². The zero-order valence-corrected chi connectivity index (χ0v) is 14.2. The highest BCUT2D eigenvalue weighted by atomic mass is 79.9. The summed E-state index contributed by atoms with van der Waals surface area (Å²) in [4.78, 5) is 14.7. The Labute approximate surface area is 138 Å². The molecule has 22 heavy (non-hydrogen) atoms. The number of anilines is 1. The zero-order chi connectivity index (χ0) is 15.7. The summed E-state index contributed by atoms with van der Waals surface area (Å²) in [7, 11) is 0. The molecule has 1 aliphatic heterocycles. The molecule has 0 atom stereocenters. The second-order valence-corrected chi connectivity index (χ2v) is 6.27. The first-order chi connectivity index (χ1) is 10.6. The number of ether oxygens (including phenoxy) is 1. The van der Waals surface area contributed by atoms with Crippen molar-refractivity contribution >= 4 is 27.5 Å². The fraction of sp³-hybridized carbons (Fsp3) is 0.375. The second kappa shape index (κ2) is 6.12. The Kier molecular flexibility index (Phi) is 4.20. The number of nitrogens with zero attached hydrogens (tertiary/aromatic N) is 3. The number of carbonyl (C=O) groups is 1. The fourth-order valence-electron chi connectivity index (χ4n) is 2.53. The lowest BCUT2D eigenvalue weighted by Gasteiger charge is -2.21. The SMILES string of the molecule is CC(C)n1ncc(C(=O)N2CCCOc3ccccc32)c1Br. The molecule has 3 rings (SSSR count). The van der Waals surface area contributed by atoms with Crippen molar-refractivity contribution in [1.82, 2.24) is 9.78 Å². The first kappa shape index (κ1) is 15.1. The van der Waals surface area contributed by atoms with Crippen LogP contribution in [0.1, 0.15) is 36.7 Å². The molecular formula is C16H18BrN3O2. The van der Waals surface area contributed by atoms with Gasteiger partial charge in [-0.2, -0.15) is 5.10 Å². The summed E-state index contributed by atoms with van der Waals surface area (Å²) < 4.78 is 8.23. The molecule has 0 saturated heterocycles. The van der Waals surface area contributed by atoms with Gasteiger partial charge in [0.05, 0.1) is 24.1 Å². The molecule has 2 heterocycles. The van der Waals surface area contributed by atoms with Crippen LogP contribution in [-0.4, -0.2) is 28.8 Å². The molecule has 1 amide bonds. The van der Waals surface area contributed by atoms with Crippen LogP contribution in [0.15, 0.2) is 35.1 Å². The normalized spacial score (nSPS) is 14.5. The maximum Gasteiger partial charge on any atom is 0.262 e. The predicted octanol–water partition coefficient (Wildman–Crippen LogP) is 3.66. The van der Waals surface area contributed by atoms with Gasteiger partial charge >= 0.3 is 0 Å². The average Bonchev–Trinajstić information content (AvgIpc) is 2.77. The van der Waals surface area contributed by atoms with Crippen molar-refractivity contribution < 1.29 is 9.53 Å². The van der Waals surface area contributed by atoms with E-state index in [-0.39, 0.29) is 11.9 Å². The van der Waals surface area contributed by atoms with E-state index in [0.717, 1.165) is 22.5 Å². The van der Waals surface area contributed by atoms with Crippen LogP contribution in [0, 0.1) is 0 Å². The van der Waals surface area contributed by atoms with Crippen molar-refractivity contribution in [1.29, 1.82) is 0 Å². The summed E-state index contributed by atoms with van der Waals surface area (Å²) in [5, 5.41) is 4.30. The maximum absolute atomic E-state index is 13.0. The van der Waals surface area contributed by atoms with Crippen LogP contribution >= 0.6 is 15.9 Å². The molecule has 1 aromatic heterocycles. The first-order valence-corrected chi connectivity index (χ1v) is 8.15. The molecule has 6 heteroatoms. The van der Waals surface area contributed by atoms with E-state index in [1.54, 1.807) is 15.8 Å². The van der Waals surface area contributed by atoms with E-state index in [9.17, 15) is 4.79 Å². The highest BCUT2D eigenvalue weighted by Gasteiger charge is 2.26. The molecule has 0 spiro atoms. The summed E-state index contributed by atoms with van der Waals surface area (Å²) >= 11 is 3.50. The van der Waals surface area contributed by atoms with Gasteiger partial charge in [-0.05, 0) is 48.3 Å². The quantitative estimate of drug-likeness (QED) is 0.817. The number of hydrogen-bond acceptors (Lipinski definition) is 3. The summed E-state index contributed by atoms with van der Waals surface area (Å²) in [6.45, 7) is 5.31. The van der Waals surface area contributed by atoms with Gasteiger partial charge in [-0.3, -0.25) is 9.48 Å². The second-order valence-electron chi connectivity index (χ2n) is 5.51. The number of fused-ring (bicyclic) bond motifs is 1. The monoisotopic (exact) mass is 363 g/mol. The molecule has 116 valence electrons. The van der Waals surface area contributed by atoms with E-state index in [2.05, 4.69) is 21.0 Å². The van der Waals surface area contributed by atoms with Gasteiger partial charge in [0.2, 0.25) is 0 Å². The minimum absolute atomic E-state index is 0.0586. The third kappa shape index (κ3) is 2.63. The van der Waals surface area contributed by atoms with Crippen molar-refractivity contribution in [2.24, 2.45) is 0 Å². The van der Waals surface area contributed by atoms with Crippen molar-refractivity contribution in [3.05, 3.63) is 40.6 Å². The Hall–Kier alpha value is -1.82. The van der Waals surface area contributed by atoms with Gasteiger partial charge in [-0.15, -0.1) is 0 Å². The highest BCUT2D eigenvalue weighted by molar-refractivity contribution is 9.10. The van der Waals surface area contributed by atoms with Crippen molar-refractivity contribution in [3.8, 4) is 5.75 Å². The van der Waals surface area contributed by atoms with Crippen LogP contribution in [0.3, 0.4) is 0 Å². The number of para-hydroxylation sites is 2. The minimum Gasteiger partial charge on any atom is -0.491 e. The molecule has 0 unspecified atom stereocenters. The summed E-state index contributed by atoms with van der Waals surface area (Å²) in [6.07, 6.45) is 2.43. The number of aromatic nitrogens is 2. The average molecular weight is 364 g/mol. The number of hydrogen-bond donors (Lipinski definition) is 0. The predicted molar refractivity (Wildman–Crippen MR) is 88.5 cm³/mol. The van der Waals surface area contributed by atoms with Gasteiger partial charge in [0, 0.05) is 12.6 Å². The van der Waals surface area contributed by atoms with Crippen LogP contribution in [0.25, 0.3) is 0 Å². The smallest absolute Gasteiger partial charge is 0.262 e. The summed E-state index contributed by atoms with van der Waals surface area (Å²) in [6, 6.07) is 7.84. The number of halogens is 1. The number of benzene rings is 1. The number of amides is 1. The van der Waals surface area contributed by atoms with E-state index < -0.39 is 0 Å². The van der Waals surface area contributed by atoms with Gasteiger partial charge in [-0.25, -0.2) is 0 Å². The Morgan fingerprint density at radius 2 is 2.14 bits per heavy atom. The van der Waals surface area contributed by atoms with Crippen LogP contribution in [-0.2, 0) is 0 Å². The molecular weight excluding hydrogens is 346 g/mol. The Bertz CT molecular complexity index is 696. The van der Waals surface area contributed by atoms with E-state index in [0.29, 0.717) is 18.7 Å². The molecule has 2 aromatic rings. The third-order valence-electron chi connectivity index (χ3n) is 3.64. The molecule has 5 nitrogen and oxygen atoms in total. The van der Waals surface area contributed by atoms with Crippen molar-refractivity contribution in [2.75, 3.05) is 18.1 Å². The lowest BCUT2D eigenvalue weighted by molar-refractivity contribution is 0.0986. The van der Waals surface area contributed by atoms with Crippen LogP contribution < -0.4 is 9.64 Å². The minimum atomic E-state index is -0.0586. The summed E-state index contributed by atoms with van der Waals surface area (Å²) in [5.74, 6) is 0.692. The van der Waals surface area contributed by atoms with Gasteiger partial charge in [0.15, 0.2) is 0 Å². The largest absolute Gasteiger partial charge is 0.491 e. The van der Waals surface area contributed by atoms with E-state index in [1.807, 2.05) is 38.1 Å². The molecule has 0 bridgehead atoms. The van der Waals surface area contributed by atoms with Crippen LogP contribution in [0.5, 0.6) is 5.75 Å². The van der Waals surface area contributed by atoms with E-state index >= 15 is 0 Å². The maximum atomic E-state index is 13.0. The standard InChI is InChI=1S/C16H18BrN3O2/c1-11(2)20-15(17)12(10-18-20)16(21)19-8-5-9-22-14-7-4-3-6-13(14)19/h3-4,6-7,10-11H,5,8-9H2,1-2H3. The Morgan fingerprint density at radius 3 is 2.86 bits per heavy atom. The highest BCUT2D eigenvalue weighted by Crippen LogP contribution is 2.32. The van der Waals surface area contributed by atoms with Gasteiger partial charge < -0.3 is 9.64 Å². The topological polar surface area (TPSA) is 47.4 Å². The van der Waals surface area contributed by atoms with E-state index in [4.69, 9.17) is 4.74 Å². The molecule has 0 radical (unpaired) electrons. The molecule has 0 saturated carbocycles. The Morgan fingerprint density at radius 1 is 1.36 bits per heavy atom. The third-order valence-corrected chi connectivity index (χ3v) is 4.43. The Balaban J connectivity index is 1.99. The fourth-order valence-corrected chi connectivity index (χ4v) is 3.31. The zero-order valence-electron chi connectivity index (χ0n) is 12.6. The molecule has 0 aliphatic carbocycles. The molecule has 0 fully saturated rings. The lowest BCUT2D eigenvalue weighted by atomic mass is 10.2. The van der Waals surface area contributed by atoms with E-state index in [1.165, 1.54) is 0 Å². The number of rotatable bonds is 2. The summed E-state index contributed by atoms with van der Waals surface area (Å²) in [5.41, 5.74) is 1.39. The van der Waals surface area contributed by atoms with Gasteiger partial charge in [-0.1, -0.05) is 12.1 Å². The van der Waals surface area contributed by atoms with Crippen LogP contribution in [0.2, 0.25) is 0 Å². The van der Waals surface area contributed by atoms with Gasteiger partial charge in [0.25, 0.3) is 5.91 Å². The molecule has 1 aliphatic rings. The lowest BCUT2D eigenvalue weighted by Crippen LogP contribution is -2.31.